The standard InChI is InChI=1S/C12H18ClNO2/c1-9-4-5-10(16-9)12(2,3)8-14-11(15)6-7-13/h4-5H,6-8H2,1-3H3,(H,14,15). The van der Waals surface area contributed by atoms with Crippen molar-refractivity contribution in [1.29, 1.82) is 0 Å². The number of amides is 1. The van der Waals surface area contributed by atoms with Crippen molar-refractivity contribution in [2.75, 3.05) is 12.4 Å². The molecule has 0 fully saturated rings. The normalized spacial score (nSPS) is 11.5. The number of halogens is 1. The minimum absolute atomic E-state index is 0.0219. The third-order valence-electron chi connectivity index (χ3n) is 2.46. The molecule has 1 aromatic heterocycles. The van der Waals surface area contributed by atoms with Gasteiger partial charge in [-0.25, -0.2) is 0 Å². The number of hydrogen-bond donors (Lipinski definition) is 1. The Morgan fingerprint density at radius 1 is 1.50 bits per heavy atom. The first kappa shape index (κ1) is 13.1. The van der Waals surface area contributed by atoms with Crippen LogP contribution in [-0.4, -0.2) is 18.3 Å². The Kier molecular flexibility index (Phi) is 4.42. The summed E-state index contributed by atoms with van der Waals surface area (Å²) in [5, 5.41) is 2.85. The SMILES string of the molecule is Cc1ccc(C(C)(C)CNC(=O)CCCl)o1. The number of carbonyl (C=O) groups excluding carboxylic acids is 1. The molecule has 1 aromatic rings. The number of hydrogen-bond acceptors (Lipinski definition) is 2. The van der Waals surface area contributed by atoms with Gasteiger partial charge in [0, 0.05) is 24.3 Å². The first-order valence-corrected chi connectivity index (χ1v) is 5.89. The number of rotatable bonds is 5. The van der Waals surface area contributed by atoms with Crippen molar-refractivity contribution in [2.45, 2.75) is 32.6 Å². The van der Waals surface area contributed by atoms with Gasteiger partial charge in [0.15, 0.2) is 0 Å². The molecule has 0 saturated carbocycles. The second kappa shape index (κ2) is 5.39. The third kappa shape index (κ3) is 3.56. The highest BCUT2D eigenvalue weighted by molar-refractivity contribution is 6.18. The summed E-state index contributed by atoms with van der Waals surface area (Å²) in [6, 6.07) is 3.88. The van der Waals surface area contributed by atoms with E-state index in [1.807, 2.05) is 32.9 Å². The Balaban J connectivity index is 2.55. The molecule has 1 heterocycles. The summed E-state index contributed by atoms with van der Waals surface area (Å²) >= 11 is 5.49. The van der Waals surface area contributed by atoms with Gasteiger partial charge >= 0.3 is 0 Å². The molecule has 0 aliphatic rings. The van der Waals surface area contributed by atoms with Crippen LogP contribution in [-0.2, 0) is 10.2 Å². The van der Waals surface area contributed by atoms with Gasteiger partial charge in [-0.15, -0.1) is 11.6 Å². The second-order valence-electron chi connectivity index (χ2n) is 4.51. The largest absolute Gasteiger partial charge is 0.466 e. The average molecular weight is 244 g/mol. The number of nitrogens with one attached hydrogen (secondary N) is 1. The number of aryl methyl sites for hydroxylation is 1. The van der Waals surface area contributed by atoms with E-state index in [9.17, 15) is 4.79 Å². The van der Waals surface area contributed by atoms with E-state index in [1.54, 1.807) is 0 Å². The zero-order valence-electron chi connectivity index (χ0n) is 9.97. The van der Waals surface area contributed by atoms with Crippen LogP contribution in [0.2, 0.25) is 0 Å². The predicted molar refractivity (Wildman–Crippen MR) is 64.8 cm³/mol. The summed E-state index contributed by atoms with van der Waals surface area (Å²) in [4.78, 5) is 11.3. The van der Waals surface area contributed by atoms with Crippen LogP contribution in [0, 0.1) is 6.92 Å². The zero-order chi connectivity index (χ0) is 12.2. The smallest absolute Gasteiger partial charge is 0.221 e. The van der Waals surface area contributed by atoms with Crippen molar-refractivity contribution in [3.63, 3.8) is 0 Å². The molecule has 0 aromatic carbocycles. The van der Waals surface area contributed by atoms with Crippen molar-refractivity contribution in [2.24, 2.45) is 0 Å². The van der Waals surface area contributed by atoms with Crippen LogP contribution in [0.4, 0.5) is 0 Å². The van der Waals surface area contributed by atoms with E-state index >= 15 is 0 Å². The second-order valence-corrected chi connectivity index (χ2v) is 4.89. The molecule has 4 heteroatoms. The highest BCUT2D eigenvalue weighted by Crippen LogP contribution is 2.24. The van der Waals surface area contributed by atoms with E-state index in [1.165, 1.54) is 0 Å². The molecule has 0 aliphatic heterocycles. The molecule has 0 unspecified atom stereocenters. The molecule has 0 saturated heterocycles. The maximum absolute atomic E-state index is 11.3. The fourth-order valence-electron chi connectivity index (χ4n) is 1.38. The van der Waals surface area contributed by atoms with E-state index in [-0.39, 0.29) is 11.3 Å². The summed E-state index contributed by atoms with van der Waals surface area (Å²) in [5.74, 6) is 2.10. The van der Waals surface area contributed by atoms with Crippen LogP contribution in [0.5, 0.6) is 0 Å². The van der Waals surface area contributed by atoms with Crippen LogP contribution in [0.15, 0.2) is 16.5 Å². The summed E-state index contributed by atoms with van der Waals surface area (Å²) < 4.78 is 5.56. The molecule has 1 amide bonds. The summed E-state index contributed by atoms with van der Waals surface area (Å²) in [7, 11) is 0. The molecule has 1 N–H and O–H groups in total. The van der Waals surface area contributed by atoms with E-state index in [4.69, 9.17) is 16.0 Å². The number of carbonyl (C=O) groups is 1. The predicted octanol–water partition coefficient (Wildman–Crippen LogP) is 2.61. The Morgan fingerprint density at radius 3 is 2.69 bits per heavy atom. The quantitative estimate of drug-likeness (QED) is 0.808. The maximum atomic E-state index is 11.3. The van der Waals surface area contributed by atoms with Gasteiger partial charge in [-0.05, 0) is 19.1 Å². The van der Waals surface area contributed by atoms with E-state index in [0.29, 0.717) is 18.8 Å². The van der Waals surface area contributed by atoms with Gasteiger partial charge in [0.1, 0.15) is 11.5 Å². The molecular weight excluding hydrogens is 226 g/mol. The Labute approximate surface area is 101 Å². The molecular formula is C12H18ClNO2. The molecule has 3 nitrogen and oxygen atoms in total. The summed E-state index contributed by atoms with van der Waals surface area (Å²) in [6.45, 7) is 6.53. The first-order chi connectivity index (χ1) is 7.45. The molecule has 0 radical (unpaired) electrons. The van der Waals surface area contributed by atoms with Crippen LogP contribution >= 0.6 is 11.6 Å². The van der Waals surface area contributed by atoms with Crippen LogP contribution in [0.25, 0.3) is 0 Å². The summed E-state index contributed by atoms with van der Waals surface area (Å²) in [5.41, 5.74) is -0.198. The van der Waals surface area contributed by atoms with Gasteiger partial charge < -0.3 is 9.73 Å². The minimum atomic E-state index is -0.198. The lowest BCUT2D eigenvalue weighted by molar-refractivity contribution is -0.120. The summed E-state index contributed by atoms with van der Waals surface area (Å²) in [6.07, 6.45) is 0.356. The zero-order valence-corrected chi connectivity index (χ0v) is 10.7. The minimum Gasteiger partial charge on any atom is -0.466 e. The van der Waals surface area contributed by atoms with E-state index in [2.05, 4.69) is 5.32 Å². The Bertz CT molecular complexity index is 358. The van der Waals surface area contributed by atoms with E-state index < -0.39 is 0 Å². The van der Waals surface area contributed by atoms with Crippen LogP contribution < -0.4 is 5.32 Å². The van der Waals surface area contributed by atoms with Crippen molar-refractivity contribution >= 4 is 17.5 Å². The lowest BCUT2D eigenvalue weighted by atomic mass is 9.90. The molecule has 90 valence electrons. The number of furan rings is 1. The monoisotopic (exact) mass is 243 g/mol. The van der Waals surface area contributed by atoms with Gasteiger partial charge in [-0.1, -0.05) is 13.8 Å². The molecule has 0 spiro atoms. The lowest BCUT2D eigenvalue weighted by Gasteiger charge is -2.22. The van der Waals surface area contributed by atoms with Crippen LogP contribution in [0.3, 0.4) is 0 Å². The van der Waals surface area contributed by atoms with Gasteiger partial charge in [0.25, 0.3) is 0 Å². The lowest BCUT2D eigenvalue weighted by Crippen LogP contribution is -2.36. The molecule has 1 rings (SSSR count). The maximum Gasteiger partial charge on any atom is 0.221 e. The van der Waals surface area contributed by atoms with Gasteiger partial charge in [0.2, 0.25) is 5.91 Å². The van der Waals surface area contributed by atoms with Crippen LogP contribution in [0.1, 0.15) is 31.8 Å². The van der Waals surface area contributed by atoms with Crippen molar-refractivity contribution < 1.29 is 9.21 Å². The first-order valence-electron chi connectivity index (χ1n) is 5.35. The molecule has 16 heavy (non-hydrogen) atoms. The third-order valence-corrected chi connectivity index (χ3v) is 2.65. The van der Waals surface area contributed by atoms with Crippen molar-refractivity contribution in [3.05, 3.63) is 23.7 Å². The van der Waals surface area contributed by atoms with E-state index in [0.717, 1.165) is 11.5 Å². The van der Waals surface area contributed by atoms with Gasteiger partial charge in [0.05, 0.1) is 0 Å². The fraction of sp³-hybridized carbons (Fsp3) is 0.583. The molecule has 0 atom stereocenters. The Hall–Kier alpha value is -0.960. The highest BCUT2D eigenvalue weighted by atomic mass is 35.5. The fourth-order valence-corrected chi connectivity index (χ4v) is 1.55. The topological polar surface area (TPSA) is 42.2 Å². The van der Waals surface area contributed by atoms with Crippen molar-refractivity contribution in [1.82, 2.24) is 5.32 Å². The highest BCUT2D eigenvalue weighted by Gasteiger charge is 2.24. The van der Waals surface area contributed by atoms with Gasteiger partial charge in [-0.3, -0.25) is 4.79 Å². The molecule has 0 aliphatic carbocycles. The number of alkyl halides is 1. The van der Waals surface area contributed by atoms with Crippen molar-refractivity contribution in [3.8, 4) is 0 Å². The average Bonchev–Trinajstić information content (AvgIpc) is 2.63. The molecule has 0 bridgehead atoms. The Morgan fingerprint density at radius 2 is 2.19 bits per heavy atom. The van der Waals surface area contributed by atoms with Gasteiger partial charge in [-0.2, -0.15) is 0 Å².